The molecule has 0 radical (unpaired) electrons. The summed E-state index contributed by atoms with van der Waals surface area (Å²) >= 11 is 0. The molecule has 0 fully saturated rings. The second-order valence-corrected chi connectivity index (χ2v) is 3.90. The van der Waals surface area contributed by atoms with Gasteiger partial charge in [-0.05, 0) is 42.0 Å². The molecule has 0 aliphatic carbocycles. The highest BCUT2D eigenvalue weighted by molar-refractivity contribution is 5.89. The van der Waals surface area contributed by atoms with Crippen molar-refractivity contribution in [1.29, 1.82) is 5.26 Å². The van der Waals surface area contributed by atoms with E-state index in [2.05, 4.69) is 0 Å². The predicted molar refractivity (Wildman–Crippen MR) is 66.7 cm³/mol. The second-order valence-electron chi connectivity index (χ2n) is 3.90. The largest absolute Gasteiger partial charge is 0.457 e. The van der Waals surface area contributed by atoms with Gasteiger partial charge in [0.25, 0.3) is 0 Å². The minimum atomic E-state index is -0.526. The summed E-state index contributed by atoms with van der Waals surface area (Å²) in [6.07, 6.45) is 0. The first-order valence-corrected chi connectivity index (χ1v) is 5.61. The van der Waals surface area contributed by atoms with Crippen molar-refractivity contribution in [2.24, 2.45) is 0 Å². The summed E-state index contributed by atoms with van der Waals surface area (Å²) in [6, 6.07) is 13.9. The van der Waals surface area contributed by atoms with Crippen molar-refractivity contribution >= 4 is 5.97 Å². The highest BCUT2D eigenvalue weighted by Gasteiger charge is 2.07. The molecule has 0 unspecified atom stereocenters. The lowest BCUT2D eigenvalue weighted by molar-refractivity contribution is 0.0472. The fraction of sp³-hybridized carbons (Fsp3) is 0.0667. The van der Waals surface area contributed by atoms with Crippen LogP contribution in [0.2, 0.25) is 0 Å². The smallest absolute Gasteiger partial charge is 0.338 e. The molecule has 19 heavy (non-hydrogen) atoms. The van der Waals surface area contributed by atoms with Crippen LogP contribution in [-0.4, -0.2) is 5.97 Å². The average Bonchev–Trinajstić information content (AvgIpc) is 2.46. The number of carbonyl (C=O) groups is 1. The number of benzene rings is 2. The number of carbonyl (C=O) groups excluding carboxylic acids is 1. The number of nitrogens with zero attached hydrogens (tertiary/aromatic N) is 1. The van der Waals surface area contributed by atoms with Crippen LogP contribution in [0.1, 0.15) is 21.5 Å². The molecular weight excluding hydrogens is 245 g/mol. The van der Waals surface area contributed by atoms with Crippen molar-refractivity contribution in [2.75, 3.05) is 0 Å². The van der Waals surface area contributed by atoms with Gasteiger partial charge >= 0.3 is 5.97 Å². The van der Waals surface area contributed by atoms with Crippen molar-refractivity contribution in [3.63, 3.8) is 0 Å². The lowest BCUT2D eigenvalue weighted by Crippen LogP contribution is -2.05. The molecule has 0 aliphatic rings. The molecule has 0 saturated heterocycles. The van der Waals surface area contributed by atoms with E-state index in [4.69, 9.17) is 10.00 Å². The van der Waals surface area contributed by atoms with E-state index in [9.17, 15) is 9.18 Å². The lowest BCUT2D eigenvalue weighted by Gasteiger charge is -2.05. The molecule has 4 heteroatoms. The van der Waals surface area contributed by atoms with Gasteiger partial charge in [-0.25, -0.2) is 9.18 Å². The Morgan fingerprint density at radius 2 is 1.95 bits per heavy atom. The molecule has 0 spiro atoms. The maximum atomic E-state index is 12.7. The molecular formula is C15H10FNO2. The van der Waals surface area contributed by atoms with Gasteiger partial charge in [0.05, 0.1) is 17.2 Å². The zero-order valence-corrected chi connectivity index (χ0v) is 9.97. The van der Waals surface area contributed by atoms with Crippen LogP contribution in [-0.2, 0) is 11.3 Å². The minimum absolute atomic E-state index is 0.0751. The molecule has 0 atom stereocenters. The summed E-state index contributed by atoms with van der Waals surface area (Å²) in [7, 11) is 0. The topological polar surface area (TPSA) is 50.1 Å². The summed E-state index contributed by atoms with van der Waals surface area (Å²) in [6.45, 7) is 0.0751. The van der Waals surface area contributed by atoms with Crippen LogP contribution in [0.4, 0.5) is 4.39 Å². The highest BCUT2D eigenvalue weighted by atomic mass is 19.1. The normalized spacial score (nSPS) is 9.68. The van der Waals surface area contributed by atoms with Crippen LogP contribution < -0.4 is 0 Å². The SMILES string of the molecule is N#Cc1cccc(COC(=O)c2ccc(F)cc2)c1. The number of hydrogen-bond donors (Lipinski definition) is 0. The number of rotatable bonds is 3. The summed E-state index contributed by atoms with van der Waals surface area (Å²) < 4.78 is 17.8. The standard InChI is InChI=1S/C15H10FNO2/c16-14-6-4-13(5-7-14)15(18)19-10-12-3-1-2-11(8-12)9-17/h1-8H,10H2. The quantitative estimate of drug-likeness (QED) is 0.792. The Bertz CT molecular complexity index is 629. The van der Waals surface area contributed by atoms with Gasteiger partial charge in [0, 0.05) is 0 Å². The Morgan fingerprint density at radius 1 is 1.21 bits per heavy atom. The molecule has 0 heterocycles. The molecule has 0 amide bonds. The molecule has 2 aromatic carbocycles. The van der Waals surface area contributed by atoms with Gasteiger partial charge in [-0.1, -0.05) is 12.1 Å². The van der Waals surface area contributed by atoms with E-state index in [0.717, 1.165) is 5.56 Å². The number of halogens is 1. The zero-order valence-electron chi connectivity index (χ0n) is 9.97. The monoisotopic (exact) mass is 255 g/mol. The van der Waals surface area contributed by atoms with Gasteiger partial charge in [-0.3, -0.25) is 0 Å². The van der Waals surface area contributed by atoms with Gasteiger partial charge in [0.1, 0.15) is 12.4 Å². The van der Waals surface area contributed by atoms with Crippen molar-refractivity contribution < 1.29 is 13.9 Å². The fourth-order valence-corrected chi connectivity index (χ4v) is 1.55. The summed E-state index contributed by atoms with van der Waals surface area (Å²) in [5, 5.41) is 8.75. The van der Waals surface area contributed by atoms with E-state index in [0.29, 0.717) is 5.56 Å². The Hall–Kier alpha value is -2.67. The number of ether oxygens (including phenoxy) is 1. The summed E-state index contributed by atoms with van der Waals surface area (Å²) in [4.78, 5) is 11.7. The highest BCUT2D eigenvalue weighted by Crippen LogP contribution is 2.09. The lowest BCUT2D eigenvalue weighted by atomic mass is 10.1. The van der Waals surface area contributed by atoms with Crippen molar-refractivity contribution in [3.8, 4) is 6.07 Å². The molecule has 94 valence electrons. The van der Waals surface area contributed by atoms with E-state index in [1.54, 1.807) is 24.3 Å². The van der Waals surface area contributed by atoms with Crippen LogP contribution in [0.15, 0.2) is 48.5 Å². The molecule has 2 aromatic rings. The maximum Gasteiger partial charge on any atom is 0.338 e. The Balaban J connectivity index is 2.00. The van der Waals surface area contributed by atoms with Crippen LogP contribution in [0.25, 0.3) is 0 Å². The second kappa shape index (κ2) is 5.78. The van der Waals surface area contributed by atoms with Crippen molar-refractivity contribution in [1.82, 2.24) is 0 Å². The third-order valence-electron chi connectivity index (χ3n) is 2.51. The van der Waals surface area contributed by atoms with E-state index in [1.807, 2.05) is 6.07 Å². The van der Waals surface area contributed by atoms with Gasteiger partial charge in [0.15, 0.2) is 0 Å². The molecule has 0 bridgehead atoms. The fourth-order valence-electron chi connectivity index (χ4n) is 1.55. The van der Waals surface area contributed by atoms with Gasteiger partial charge < -0.3 is 4.74 Å². The van der Waals surface area contributed by atoms with Crippen LogP contribution >= 0.6 is 0 Å². The summed E-state index contributed by atoms with van der Waals surface area (Å²) in [5.74, 6) is -0.930. The van der Waals surface area contributed by atoms with E-state index < -0.39 is 11.8 Å². The van der Waals surface area contributed by atoms with Gasteiger partial charge in [0.2, 0.25) is 0 Å². The number of hydrogen-bond acceptors (Lipinski definition) is 3. The molecule has 0 aliphatic heterocycles. The Morgan fingerprint density at radius 3 is 2.63 bits per heavy atom. The maximum absolute atomic E-state index is 12.7. The third-order valence-corrected chi connectivity index (χ3v) is 2.51. The van der Waals surface area contributed by atoms with Crippen molar-refractivity contribution in [3.05, 3.63) is 71.0 Å². The first kappa shape index (κ1) is 12.8. The van der Waals surface area contributed by atoms with Gasteiger partial charge in [-0.2, -0.15) is 5.26 Å². The van der Waals surface area contributed by atoms with Crippen LogP contribution in [0.3, 0.4) is 0 Å². The molecule has 2 rings (SSSR count). The van der Waals surface area contributed by atoms with Crippen molar-refractivity contribution in [2.45, 2.75) is 6.61 Å². The molecule has 3 nitrogen and oxygen atoms in total. The first-order valence-electron chi connectivity index (χ1n) is 5.61. The average molecular weight is 255 g/mol. The van der Waals surface area contributed by atoms with Crippen LogP contribution in [0.5, 0.6) is 0 Å². The molecule has 0 saturated carbocycles. The van der Waals surface area contributed by atoms with Crippen LogP contribution in [0, 0.1) is 17.1 Å². The van der Waals surface area contributed by atoms with Gasteiger partial charge in [-0.15, -0.1) is 0 Å². The first-order chi connectivity index (χ1) is 9.19. The number of nitriles is 1. The Labute approximate surface area is 109 Å². The van der Waals surface area contributed by atoms with E-state index in [-0.39, 0.29) is 12.2 Å². The van der Waals surface area contributed by atoms with E-state index >= 15 is 0 Å². The minimum Gasteiger partial charge on any atom is -0.457 e. The molecule has 0 N–H and O–H groups in total. The zero-order chi connectivity index (χ0) is 13.7. The Kier molecular flexibility index (Phi) is 3.89. The molecule has 0 aromatic heterocycles. The summed E-state index contributed by atoms with van der Waals surface area (Å²) in [5.41, 5.74) is 1.53. The predicted octanol–water partition coefficient (Wildman–Crippen LogP) is 3.05. The number of esters is 1. The van der Waals surface area contributed by atoms with E-state index in [1.165, 1.54) is 24.3 Å². The third kappa shape index (κ3) is 3.39.